The van der Waals surface area contributed by atoms with Crippen LogP contribution in [-0.2, 0) is 0 Å². The largest absolute Gasteiger partial charge is 0.340 e. The summed E-state index contributed by atoms with van der Waals surface area (Å²) in [5, 5.41) is 5.94. The number of amides is 2. The third kappa shape index (κ3) is 3.77. The molecule has 2 aromatic heterocycles. The number of fused-ring (bicyclic) bond motifs is 1. The fourth-order valence-corrected chi connectivity index (χ4v) is 3.42. The van der Waals surface area contributed by atoms with Crippen molar-refractivity contribution >= 4 is 40.4 Å². The highest BCUT2D eigenvalue weighted by atomic mass is 35.5. The Morgan fingerprint density at radius 1 is 1.23 bits per heavy atom. The molecule has 9 heteroatoms. The number of H-pyrrole nitrogens is 2. The van der Waals surface area contributed by atoms with Crippen molar-refractivity contribution in [3.8, 4) is 0 Å². The molecule has 1 aliphatic rings. The van der Waals surface area contributed by atoms with E-state index in [1.807, 2.05) is 13.0 Å². The number of hydrogen-bond acceptors (Lipinski definition) is 4. The monoisotopic (exact) mass is 422 g/mol. The molecule has 3 aromatic rings. The highest BCUT2D eigenvalue weighted by Gasteiger charge is 2.23. The second-order valence-electron chi connectivity index (χ2n) is 6.87. The molecule has 0 saturated carbocycles. The van der Waals surface area contributed by atoms with Gasteiger partial charge in [-0.2, -0.15) is 0 Å². The highest BCUT2D eigenvalue weighted by molar-refractivity contribution is 6.35. The predicted octanol–water partition coefficient (Wildman–Crippen LogP) is 4.10. The molecule has 1 aliphatic carbocycles. The zero-order chi connectivity index (χ0) is 21.3. The lowest BCUT2D eigenvalue weighted by molar-refractivity contribution is 0.0946. The minimum absolute atomic E-state index is 0.0129. The minimum atomic E-state index is -0.551. The summed E-state index contributed by atoms with van der Waals surface area (Å²) in [6, 6.07) is 5.28. The third-order valence-electron chi connectivity index (χ3n) is 4.87. The molecular weight excluding hydrogens is 404 g/mol. The van der Waals surface area contributed by atoms with Crippen molar-refractivity contribution in [1.29, 1.82) is 0 Å². The van der Waals surface area contributed by atoms with Gasteiger partial charge < -0.3 is 15.3 Å². The van der Waals surface area contributed by atoms with Crippen molar-refractivity contribution in [3.05, 3.63) is 76.5 Å². The number of halogens is 1. The molecule has 30 heavy (non-hydrogen) atoms. The number of carbonyl (C=O) groups excluding carboxylic acids is 2. The Labute approximate surface area is 177 Å². The van der Waals surface area contributed by atoms with Crippen molar-refractivity contribution in [2.45, 2.75) is 19.8 Å². The summed E-state index contributed by atoms with van der Waals surface area (Å²) in [5.41, 5.74) is 4.03. The SMILES string of the molecule is C=CC1=CC(NC(=O)c2nc[nH]c2C(=O)Nc2nc3c(Cl)cccc3[nH]2)=C(C)CC1. The first-order valence-electron chi connectivity index (χ1n) is 9.29. The molecule has 0 aliphatic heterocycles. The molecule has 0 saturated heterocycles. The van der Waals surface area contributed by atoms with Gasteiger partial charge in [0.2, 0.25) is 5.95 Å². The van der Waals surface area contributed by atoms with Gasteiger partial charge in [-0.3, -0.25) is 14.9 Å². The highest BCUT2D eigenvalue weighted by Crippen LogP contribution is 2.24. The van der Waals surface area contributed by atoms with Crippen LogP contribution in [0.2, 0.25) is 5.02 Å². The molecule has 2 heterocycles. The third-order valence-corrected chi connectivity index (χ3v) is 5.17. The predicted molar refractivity (Wildman–Crippen MR) is 115 cm³/mol. The first-order chi connectivity index (χ1) is 14.5. The Morgan fingerprint density at radius 2 is 2.07 bits per heavy atom. The number of aromatic nitrogens is 4. The van der Waals surface area contributed by atoms with Crippen molar-refractivity contribution in [2.75, 3.05) is 5.32 Å². The number of carbonyl (C=O) groups is 2. The van der Waals surface area contributed by atoms with Gasteiger partial charge in [-0.25, -0.2) is 9.97 Å². The van der Waals surface area contributed by atoms with Gasteiger partial charge in [0.25, 0.3) is 11.8 Å². The summed E-state index contributed by atoms with van der Waals surface area (Å²) in [7, 11) is 0. The number of allylic oxidation sites excluding steroid dienone is 4. The Bertz CT molecular complexity index is 1230. The summed E-state index contributed by atoms with van der Waals surface area (Å²) < 4.78 is 0. The van der Waals surface area contributed by atoms with Gasteiger partial charge in [0, 0.05) is 5.70 Å². The molecular formula is C21H19ClN6O2. The minimum Gasteiger partial charge on any atom is -0.340 e. The molecule has 0 radical (unpaired) electrons. The number of rotatable bonds is 5. The molecule has 2 amide bonds. The summed E-state index contributed by atoms with van der Waals surface area (Å²) in [4.78, 5) is 39.5. The van der Waals surface area contributed by atoms with E-state index in [1.54, 1.807) is 24.3 Å². The number of hydrogen-bond donors (Lipinski definition) is 4. The number of nitrogens with one attached hydrogen (secondary N) is 4. The van der Waals surface area contributed by atoms with Gasteiger partial charge in [0.1, 0.15) is 11.2 Å². The van der Waals surface area contributed by atoms with Crippen LogP contribution in [0.4, 0.5) is 5.95 Å². The first kappa shape index (κ1) is 19.7. The van der Waals surface area contributed by atoms with Gasteiger partial charge in [-0.15, -0.1) is 0 Å². The van der Waals surface area contributed by atoms with Crippen LogP contribution in [-0.4, -0.2) is 31.8 Å². The van der Waals surface area contributed by atoms with E-state index in [4.69, 9.17) is 11.6 Å². The van der Waals surface area contributed by atoms with Crippen LogP contribution in [0.5, 0.6) is 0 Å². The standard InChI is InChI=1S/C21H19ClN6O2/c1-3-12-8-7-11(2)15(9-12)25-19(29)17-18(24-10-23-17)20(30)28-21-26-14-6-4-5-13(22)16(14)27-21/h3-6,9-10H,1,7-8H2,2H3,(H,23,24)(H,25,29)(H2,26,27,28,30). The molecule has 152 valence electrons. The number of imidazole rings is 2. The molecule has 4 N–H and O–H groups in total. The van der Waals surface area contributed by atoms with Crippen molar-refractivity contribution < 1.29 is 9.59 Å². The second kappa shape index (κ2) is 8.00. The van der Waals surface area contributed by atoms with Crippen LogP contribution in [0.15, 0.2) is 60.1 Å². The zero-order valence-electron chi connectivity index (χ0n) is 16.2. The molecule has 0 fully saturated rings. The molecule has 0 unspecified atom stereocenters. The number of para-hydroxylation sites is 1. The first-order valence-corrected chi connectivity index (χ1v) is 9.67. The van der Waals surface area contributed by atoms with Crippen LogP contribution >= 0.6 is 11.6 Å². The Balaban J connectivity index is 1.54. The Kier molecular flexibility index (Phi) is 5.24. The van der Waals surface area contributed by atoms with Crippen molar-refractivity contribution in [2.24, 2.45) is 0 Å². The maximum Gasteiger partial charge on any atom is 0.276 e. The normalized spacial score (nSPS) is 13.9. The van der Waals surface area contributed by atoms with E-state index in [-0.39, 0.29) is 17.3 Å². The molecule has 1 aromatic carbocycles. The quantitative estimate of drug-likeness (QED) is 0.495. The van der Waals surface area contributed by atoms with E-state index < -0.39 is 11.8 Å². The molecule has 0 spiro atoms. The summed E-state index contributed by atoms with van der Waals surface area (Å²) in [6.45, 7) is 5.74. The van der Waals surface area contributed by atoms with Crippen LogP contribution in [0, 0.1) is 0 Å². The van der Waals surface area contributed by atoms with E-state index in [0.717, 1.165) is 24.0 Å². The fraction of sp³-hybridized carbons (Fsp3) is 0.143. The van der Waals surface area contributed by atoms with E-state index >= 15 is 0 Å². The Morgan fingerprint density at radius 3 is 2.83 bits per heavy atom. The van der Waals surface area contributed by atoms with Crippen LogP contribution < -0.4 is 10.6 Å². The van der Waals surface area contributed by atoms with Crippen molar-refractivity contribution in [3.63, 3.8) is 0 Å². The average molecular weight is 423 g/mol. The molecule has 0 atom stereocenters. The summed E-state index contributed by atoms with van der Waals surface area (Å²) in [6.07, 6.45) is 6.66. The topological polar surface area (TPSA) is 116 Å². The van der Waals surface area contributed by atoms with Gasteiger partial charge in [0.05, 0.1) is 16.9 Å². The average Bonchev–Trinajstić information content (AvgIpc) is 3.37. The van der Waals surface area contributed by atoms with Crippen LogP contribution in [0.1, 0.15) is 40.7 Å². The van der Waals surface area contributed by atoms with Gasteiger partial charge in [-0.05, 0) is 49.1 Å². The van der Waals surface area contributed by atoms with Crippen molar-refractivity contribution in [1.82, 2.24) is 25.3 Å². The van der Waals surface area contributed by atoms with E-state index in [0.29, 0.717) is 21.8 Å². The van der Waals surface area contributed by atoms with Crippen LogP contribution in [0.3, 0.4) is 0 Å². The lowest BCUT2D eigenvalue weighted by Gasteiger charge is -2.16. The zero-order valence-corrected chi connectivity index (χ0v) is 16.9. The Hall–Kier alpha value is -3.65. The lowest BCUT2D eigenvalue weighted by Crippen LogP contribution is -2.27. The van der Waals surface area contributed by atoms with E-state index in [9.17, 15) is 9.59 Å². The molecule has 0 bridgehead atoms. The maximum atomic E-state index is 12.8. The fourth-order valence-electron chi connectivity index (χ4n) is 3.20. The van der Waals surface area contributed by atoms with E-state index in [2.05, 4.69) is 37.1 Å². The van der Waals surface area contributed by atoms with E-state index in [1.165, 1.54) is 6.33 Å². The van der Waals surface area contributed by atoms with Gasteiger partial charge in [-0.1, -0.05) is 30.3 Å². The number of aromatic amines is 2. The second-order valence-corrected chi connectivity index (χ2v) is 7.28. The smallest absolute Gasteiger partial charge is 0.276 e. The summed E-state index contributed by atoms with van der Waals surface area (Å²) >= 11 is 6.12. The van der Waals surface area contributed by atoms with Gasteiger partial charge >= 0.3 is 0 Å². The maximum absolute atomic E-state index is 12.8. The summed E-state index contributed by atoms with van der Waals surface area (Å²) in [5.74, 6) is -0.817. The number of benzene rings is 1. The molecule has 4 rings (SSSR count). The number of nitrogens with zero attached hydrogens (tertiary/aromatic N) is 2. The molecule has 8 nitrogen and oxygen atoms in total. The number of anilines is 1. The van der Waals surface area contributed by atoms with Crippen LogP contribution in [0.25, 0.3) is 11.0 Å². The lowest BCUT2D eigenvalue weighted by atomic mass is 9.97. The van der Waals surface area contributed by atoms with Gasteiger partial charge in [0.15, 0.2) is 5.69 Å².